The Morgan fingerprint density at radius 2 is 2.15 bits per heavy atom. The molecule has 0 saturated heterocycles. The largest absolute Gasteiger partial charge is 0.368 e. The van der Waals surface area contributed by atoms with Gasteiger partial charge in [-0.25, -0.2) is 14.4 Å². The summed E-state index contributed by atoms with van der Waals surface area (Å²) in [6.45, 7) is 0. The van der Waals surface area contributed by atoms with Crippen molar-refractivity contribution in [1.82, 2.24) is 29.5 Å². The van der Waals surface area contributed by atoms with Crippen molar-refractivity contribution in [2.75, 3.05) is 5.73 Å². The highest BCUT2D eigenvalue weighted by molar-refractivity contribution is 5.86. The summed E-state index contributed by atoms with van der Waals surface area (Å²) in [5, 5.41) is 4.26. The lowest BCUT2D eigenvalue weighted by Gasteiger charge is -1.96. The minimum atomic E-state index is -0.348. The highest BCUT2D eigenvalue weighted by Gasteiger charge is 2.14. The minimum Gasteiger partial charge on any atom is -0.368 e. The number of nitrogens with two attached hydrogens (primary N) is 1. The minimum absolute atomic E-state index is 0.176. The van der Waals surface area contributed by atoms with E-state index in [-0.39, 0.29) is 11.8 Å². The second-order valence-electron chi connectivity index (χ2n) is 4.25. The molecule has 0 atom stereocenters. The van der Waals surface area contributed by atoms with Gasteiger partial charge in [-0.3, -0.25) is 0 Å². The first-order chi connectivity index (χ1) is 9.72. The molecular weight excluding hydrogens is 261 g/mol. The summed E-state index contributed by atoms with van der Waals surface area (Å²) in [5.41, 5.74) is 8.00. The lowest BCUT2D eigenvalue weighted by Crippen LogP contribution is -2.02. The van der Waals surface area contributed by atoms with Gasteiger partial charge in [0.25, 0.3) is 0 Å². The Balaban J connectivity index is 2.05. The van der Waals surface area contributed by atoms with Crippen molar-refractivity contribution in [1.29, 1.82) is 0 Å². The average molecular weight is 269 g/mol. The first kappa shape index (κ1) is 10.9. The molecule has 0 bridgehead atoms. The standard InChI is InChI=1S/C12H8FN7/c13-7-3-1-2-6(4-7)9-17-11-8-10(16-5-15-8)18-12(14)20(11)19-9/h1-5H,(H2,14,18)(H,15,16). The summed E-state index contributed by atoms with van der Waals surface area (Å²) in [6.07, 6.45) is 1.51. The topological polar surface area (TPSA) is 97.8 Å². The number of H-pyrrole nitrogens is 1. The summed E-state index contributed by atoms with van der Waals surface area (Å²) >= 11 is 0. The van der Waals surface area contributed by atoms with E-state index in [1.807, 2.05) is 0 Å². The van der Waals surface area contributed by atoms with Crippen LogP contribution >= 0.6 is 0 Å². The number of rotatable bonds is 1. The Kier molecular flexibility index (Phi) is 2.02. The van der Waals surface area contributed by atoms with Crippen molar-refractivity contribution in [2.45, 2.75) is 0 Å². The Morgan fingerprint density at radius 3 is 3.00 bits per heavy atom. The van der Waals surface area contributed by atoms with Crippen LogP contribution in [0.25, 0.3) is 28.2 Å². The van der Waals surface area contributed by atoms with Crippen LogP contribution in [0.15, 0.2) is 30.6 Å². The predicted octanol–water partition coefficient (Wildman–Crippen LogP) is 1.39. The van der Waals surface area contributed by atoms with Crippen molar-refractivity contribution in [3.05, 3.63) is 36.4 Å². The molecule has 0 unspecified atom stereocenters. The number of nitrogens with zero attached hydrogens (tertiary/aromatic N) is 5. The third kappa shape index (κ3) is 1.44. The van der Waals surface area contributed by atoms with Gasteiger partial charge in [0.2, 0.25) is 5.95 Å². The van der Waals surface area contributed by atoms with E-state index in [0.29, 0.717) is 28.2 Å². The fraction of sp³-hybridized carbons (Fsp3) is 0. The van der Waals surface area contributed by atoms with Crippen LogP contribution < -0.4 is 5.73 Å². The molecule has 7 nitrogen and oxygen atoms in total. The van der Waals surface area contributed by atoms with Crippen molar-refractivity contribution >= 4 is 22.8 Å². The number of hydrogen-bond acceptors (Lipinski definition) is 5. The van der Waals surface area contributed by atoms with E-state index in [1.165, 1.54) is 23.0 Å². The van der Waals surface area contributed by atoms with E-state index in [4.69, 9.17) is 5.73 Å². The number of aromatic nitrogens is 6. The van der Waals surface area contributed by atoms with Crippen molar-refractivity contribution in [3.63, 3.8) is 0 Å². The lowest BCUT2D eigenvalue weighted by atomic mass is 10.2. The zero-order valence-electron chi connectivity index (χ0n) is 10.1. The van der Waals surface area contributed by atoms with Crippen LogP contribution in [0.3, 0.4) is 0 Å². The number of hydrogen-bond donors (Lipinski definition) is 2. The predicted molar refractivity (Wildman–Crippen MR) is 70.2 cm³/mol. The zero-order chi connectivity index (χ0) is 13.7. The molecule has 3 N–H and O–H groups in total. The van der Waals surface area contributed by atoms with Gasteiger partial charge in [-0.2, -0.15) is 9.50 Å². The number of benzene rings is 1. The van der Waals surface area contributed by atoms with Crippen LogP contribution in [0.5, 0.6) is 0 Å². The Hall–Kier alpha value is -3.03. The fourth-order valence-electron chi connectivity index (χ4n) is 2.08. The molecule has 3 heterocycles. The van der Waals surface area contributed by atoms with Gasteiger partial charge in [0.05, 0.1) is 6.33 Å². The number of imidazole rings is 1. The number of halogens is 1. The molecule has 0 aliphatic rings. The van der Waals surface area contributed by atoms with Crippen molar-refractivity contribution in [2.24, 2.45) is 0 Å². The molecule has 0 aliphatic heterocycles. The van der Waals surface area contributed by atoms with E-state index in [1.54, 1.807) is 12.1 Å². The molecule has 0 fully saturated rings. The molecule has 4 aromatic rings. The second kappa shape index (κ2) is 3.73. The first-order valence-electron chi connectivity index (χ1n) is 5.83. The van der Waals surface area contributed by atoms with Crippen LogP contribution in [-0.4, -0.2) is 29.5 Å². The number of anilines is 1. The molecule has 0 radical (unpaired) electrons. The molecule has 1 aromatic carbocycles. The molecule has 3 aromatic heterocycles. The van der Waals surface area contributed by atoms with Crippen LogP contribution in [0.2, 0.25) is 0 Å². The Labute approximate surface area is 111 Å². The highest BCUT2D eigenvalue weighted by Crippen LogP contribution is 2.21. The molecule has 8 heteroatoms. The summed E-state index contributed by atoms with van der Waals surface area (Å²) in [6, 6.07) is 6.06. The monoisotopic (exact) mass is 269 g/mol. The van der Waals surface area contributed by atoms with E-state index in [2.05, 4.69) is 25.0 Å². The van der Waals surface area contributed by atoms with Crippen LogP contribution in [0, 0.1) is 5.82 Å². The number of nitrogen functional groups attached to an aromatic ring is 1. The van der Waals surface area contributed by atoms with Crippen molar-refractivity contribution in [3.8, 4) is 11.4 Å². The molecule has 98 valence electrons. The number of fused-ring (bicyclic) bond motifs is 3. The Bertz CT molecular complexity index is 939. The van der Waals surface area contributed by atoms with Gasteiger partial charge in [0.15, 0.2) is 17.1 Å². The molecule has 0 saturated carbocycles. The SMILES string of the molecule is Nc1nc2nc[nH]c2c2nc(-c3cccc(F)c3)nn12. The molecule has 0 spiro atoms. The molecule has 0 amide bonds. The van der Waals surface area contributed by atoms with Crippen molar-refractivity contribution < 1.29 is 4.39 Å². The number of nitrogens with one attached hydrogen (secondary N) is 1. The molecule has 4 rings (SSSR count). The van der Waals surface area contributed by atoms with E-state index in [0.717, 1.165) is 0 Å². The molecular formula is C12H8FN7. The maximum atomic E-state index is 13.3. The van der Waals surface area contributed by atoms with E-state index in [9.17, 15) is 4.39 Å². The first-order valence-corrected chi connectivity index (χ1v) is 5.83. The van der Waals surface area contributed by atoms with Crippen LogP contribution in [-0.2, 0) is 0 Å². The smallest absolute Gasteiger partial charge is 0.225 e. The third-order valence-corrected chi connectivity index (χ3v) is 2.97. The summed E-state index contributed by atoms with van der Waals surface area (Å²) in [4.78, 5) is 15.5. The van der Waals surface area contributed by atoms with Gasteiger partial charge in [-0.1, -0.05) is 12.1 Å². The van der Waals surface area contributed by atoms with Gasteiger partial charge in [0.1, 0.15) is 11.3 Å². The third-order valence-electron chi connectivity index (χ3n) is 2.97. The van der Waals surface area contributed by atoms with Gasteiger partial charge in [0, 0.05) is 5.56 Å². The summed E-state index contributed by atoms with van der Waals surface area (Å²) < 4.78 is 14.7. The average Bonchev–Trinajstić information content (AvgIpc) is 3.04. The van der Waals surface area contributed by atoms with Gasteiger partial charge >= 0.3 is 0 Å². The van der Waals surface area contributed by atoms with Gasteiger partial charge < -0.3 is 10.7 Å². The fourth-order valence-corrected chi connectivity index (χ4v) is 2.08. The van der Waals surface area contributed by atoms with Crippen LogP contribution in [0.1, 0.15) is 0 Å². The maximum Gasteiger partial charge on any atom is 0.225 e. The maximum absolute atomic E-state index is 13.3. The van der Waals surface area contributed by atoms with Gasteiger partial charge in [-0.15, -0.1) is 5.10 Å². The van der Waals surface area contributed by atoms with E-state index >= 15 is 0 Å². The number of aromatic amines is 1. The van der Waals surface area contributed by atoms with Gasteiger partial charge in [-0.05, 0) is 12.1 Å². The lowest BCUT2D eigenvalue weighted by molar-refractivity contribution is 0.628. The quantitative estimate of drug-likeness (QED) is 0.544. The molecule has 0 aliphatic carbocycles. The van der Waals surface area contributed by atoms with E-state index < -0.39 is 0 Å². The summed E-state index contributed by atoms with van der Waals surface area (Å²) in [7, 11) is 0. The summed E-state index contributed by atoms with van der Waals surface area (Å²) in [5.74, 6) is 0.203. The van der Waals surface area contributed by atoms with Crippen LogP contribution in [0.4, 0.5) is 10.3 Å². The Morgan fingerprint density at radius 1 is 1.25 bits per heavy atom. The normalized spacial score (nSPS) is 11.4. The second-order valence-corrected chi connectivity index (χ2v) is 4.25. The zero-order valence-corrected chi connectivity index (χ0v) is 10.1. The highest BCUT2D eigenvalue weighted by atomic mass is 19.1. The molecule has 20 heavy (non-hydrogen) atoms.